The molecule has 0 aliphatic carbocycles. The van der Waals surface area contributed by atoms with Crippen LogP contribution in [0.3, 0.4) is 0 Å². The van der Waals surface area contributed by atoms with E-state index in [2.05, 4.69) is 5.32 Å². The number of methoxy groups -OCH3 is 1. The van der Waals surface area contributed by atoms with Crippen molar-refractivity contribution in [3.8, 4) is 11.5 Å². The van der Waals surface area contributed by atoms with Crippen molar-refractivity contribution in [3.05, 3.63) is 89.0 Å². The van der Waals surface area contributed by atoms with Gasteiger partial charge in [-0.05, 0) is 42.8 Å². The number of benzene rings is 3. The van der Waals surface area contributed by atoms with Crippen LogP contribution in [0.4, 0.5) is 5.69 Å². The highest BCUT2D eigenvalue weighted by Gasteiger charge is 2.41. The van der Waals surface area contributed by atoms with Gasteiger partial charge in [-0.25, -0.2) is 0 Å². The van der Waals surface area contributed by atoms with Gasteiger partial charge in [-0.3, -0.25) is 19.3 Å². The van der Waals surface area contributed by atoms with Crippen LogP contribution in [0, 0.1) is 0 Å². The average molecular weight is 487 g/mol. The fourth-order valence-corrected chi connectivity index (χ4v) is 4.16. The highest BCUT2D eigenvalue weighted by atomic mass is 16.5. The first-order valence-corrected chi connectivity index (χ1v) is 11.2. The maximum Gasteiger partial charge on any atom is 0.262 e. The number of nitrogens with zero attached hydrogens (tertiary/aromatic N) is 1. The Bertz CT molecular complexity index is 1320. The molecule has 0 fully saturated rings. The minimum atomic E-state index is -1.45. The van der Waals surface area contributed by atoms with Crippen LogP contribution < -0.4 is 19.9 Å². The average Bonchev–Trinajstić information content (AvgIpc) is 3.13. The molecule has 0 radical (unpaired) electrons. The molecule has 36 heavy (non-hydrogen) atoms. The van der Waals surface area contributed by atoms with Crippen molar-refractivity contribution in [3.63, 3.8) is 0 Å². The molecule has 3 amide bonds. The van der Waals surface area contributed by atoms with E-state index in [-0.39, 0.29) is 28.8 Å². The molecule has 0 saturated heterocycles. The minimum absolute atomic E-state index is 0.0494. The van der Waals surface area contributed by atoms with Crippen LogP contribution >= 0.6 is 0 Å². The Kier molecular flexibility index (Phi) is 7.00. The number of hydrogen-bond donors (Lipinski definition) is 1. The molecule has 1 heterocycles. The van der Waals surface area contributed by atoms with Crippen molar-refractivity contribution in [1.29, 1.82) is 0 Å². The Morgan fingerprint density at radius 1 is 0.944 bits per heavy atom. The van der Waals surface area contributed by atoms with E-state index in [0.717, 1.165) is 4.90 Å². The highest BCUT2D eigenvalue weighted by molar-refractivity contribution is 6.21. The lowest BCUT2D eigenvalue weighted by Gasteiger charge is -2.27. The van der Waals surface area contributed by atoms with E-state index < -0.39 is 29.7 Å². The number of carboxylic acids is 1. The number of amides is 3. The SMILES string of the molecule is CCOc1cc(C(CC(=O)Nc2ccccc2C(=O)[O-])N2C(=O)c3ccccc3C2=O)ccc1OC. The zero-order valence-corrected chi connectivity index (χ0v) is 19.6. The van der Waals surface area contributed by atoms with Gasteiger partial charge >= 0.3 is 0 Å². The normalized spacial score (nSPS) is 13.2. The Labute approximate surface area is 207 Å². The Morgan fingerprint density at radius 2 is 1.58 bits per heavy atom. The van der Waals surface area contributed by atoms with Crippen LogP contribution in [0.5, 0.6) is 11.5 Å². The molecule has 1 N–H and O–H groups in total. The van der Waals surface area contributed by atoms with E-state index in [9.17, 15) is 24.3 Å². The van der Waals surface area contributed by atoms with E-state index >= 15 is 0 Å². The number of hydrogen-bond acceptors (Lipinski definition) is 7. The number of ether oxygens (including phenoxy) is 2. The van der Waals surface area contributed by atoms with E-state index in [1.165, 1.54) is 25.3 Å². The standard InChI is InChI=1S/C27H24N2O7/c1-3-36-23-14-16(12-13-22(23)35-2)21(29-25(31)17-8-4-5-9-18(17)26(29)32)15-24(30)28-20-11-7-6-10-19(20)27(33)34/h4-14,21H,3,15H2,1-2H3,(H,28,30)(H,33,34)/p-1. The zero-order chi connectivity index (χ0) is 25.8. The third kappa shape index (κ3) is 4.63. The van der Waals surface area contributed by atoms with Crippen LogP contribution in [-0.4, -0.2) is 42.3 Å². The van der Waals surface area contributed by atoms with Gasteiger partial charge in [0.1, 0.15) is 0 Å². The summed E-state index contributed by atoms with van der Waals surface area (Å²) in [6, 6.07) is 16.2. The van der Waals surface area contributed by atoms with Gasteiger partial charge in [0.25, 0.3) is 11.8 Å². The van der Waals surface area contributed by atoms with Gasteiger partial charge in [0.15, 0.2) is 11.5 Å². The van der Waals surface area contributed by atoms with Gasteiger partial charge in [0.05, 0.1) is 43.3 Å². The van der Waals surface area contributed by atoms with Gasteiger partial charge in [-0.1, -0.05) is 36.4 Å². The number of rotatable bonds is 9. The zero-order valence-electron chi connectivity index (χ0n) is 19.6. The molecule has 3 aromatic rings. The van der Waals surface area contributed by atoms with Crippen LogP contribution in [0.2, 0.25) is 0 Å². The van der Waals surface area contributed by atoms with Gasteiger partial charge in [0, 0.05) is 11.3 Å². The molecule has 1 aliphatic heterocycles. The topological polar surface area (TPSA) is 125 Å². The lowest BCUT2D eigenvalue weighted by atomic mass is 10.0. The van der Waals surface area contributed by atoms with Crippen molar-refractivity contribution in [1.82, 2.24) is 4.90 Å². The second kappa shape index (κ2) is 10.3. The van der Waals surface area contributed by atoms with Gasteiger partial charge in [-0.2, -0.15) is 0 Å². The second-order valence-corrected chi connectivity index (χ2v) is 7.97. The van der Waals surface area contributed by atoms with Crippen molar-refractivity contribution in [2.45, 2.75) is 19.4 Å². The predicted octanol–water partition coefficient (Wildman–Crippen LogP) is 2.82. The molecule has 3 aromatic carbocycles. The number of aromatic carboxylic acids is 1. The summed E-state index contributed by atoms with van der Waals surface area (Å²) in [4.78, 5) is 52.1. The maximum absolute atomic E-state index is 13.3. The molecule has 4 rings (SSSR count). The molecule has 0 saturated carbocycles. The number of carboxylic acid groups (broad SMARTS) is 1. The molecule has 0 aromatic heterocycles. The van der Waals surface area contributed by atoms with Crippen LogP contribution in [0.1, 0.15) is 56.0 Å². The molecular formula is C27H23N2O7-. The fourth-order valence-electron chi connectivity index (χ4n) is 4.16. The predicted molar refractivity (Wildman–Crippen MR) is 128 cm³/mol. The molecule has 0 bridgehead atoms. The lowest BCUT2D eigenvalue weighted by molar-refractivity contribution is -0.254. The van der Waals surface area contributed by atoms with E-state index in [4.69, 9.17) is 9.47 Å². The summed E-state index contributed by atoms with van der Waals surface area (Å²) in [6.07, 6.45) is -0.329. The van der Waals surface area contributed by atoms with Crippen LogP contribution in [0.25, 0.3) is 0 Å². The summed E-state index contributed by atoms with van der Waals surface area (Å²) in [5.74, 6) is -2.26. The molecular weight excluding hydrogens is 464 g/mol. The largest absolute Gasteiger partial charge is 0.545 e. The minimum Gasteiger partial charge on any atom is -0.545 e. The van der Waals surface area contributed by atoms with Gasteiger partial charge < -0.3 is 24.7 Å². The van der Waals surface area contributed by atoms with Crippen molar-refractivity contribution >= 4 is 29.4 Å². The molecule has 184 valence electrons. The number of para-hydroxylation sites is 1. The lowest BCUT2D eigenvalue weighted by Crippen LogP contribution is -2.36. The monoisotopic (exact) mass is 487 g/mol. The Balaban J connectivity index is 1.73. The highest BCUT2D eigenvalue weighted by Crippen LogP contribution is 2.37. The number of imide groups is 1. The number of fused-ring (bicyclic) bond motifs is 1. The van der Waals surface area contributed by atoms with Crippen LogP contribution in [-0.2, 0) is 4.79 Å². The summed E-state index contributed by atoms with van der Waals surface area (Å²) in [7, 11) is 1.49. The van der Waals surface area contributed by atoms with E-state index in [1.807, 2.05) is 0 Å². The third-order valence-corrected chi connectivity index (χ3v) is 5.81. The van der Waals surface area contributed by atoms with Crippen molar-refractivity contribution in [2.24, 2.45) is 0 Å². The maximum atomic E-state index is 13.3. The number of nitrogens with one attached hydrogen (secondary N) is 1. The van der Waals surface area contributed by atoms with Crippen LogP contribution in [0.15, 0.2) is 66.7 Å². The second-order valence-electron chi connectivity index (χ2n) is 7.97. The van der Waals surface area contributed by atoms with E-state index in [1.54, 1.807) is 55.5 Å². The van der Waals surface area contributed by atoms with Crippen molar-refractivity contribution < 1.29 is 33.8 Å². The quantitative estimate of drug-likeness (QED) is 0.460. The van der Waals surface area contributed by atoms with Crippen molar-refractivity contribution in [2.75, 3.05) is 19.0 Å². The summed E-state index contributed by atoms with van der Waals surface area (Å²) in [6.45, 7) is 2.15. The summed E-state index contributed by atoms with van der Waals surface area (Å²) < 4.78 is 11.0. The Morgan fingerprint density at radius 3 is 2.19 bits per heavy atom. The van der Waals surface area contributed by atoms with Gasteiger partial charge in [-0.15, -0.1) is 0 Å². The fraction of sp³-hybridized carbons (Fsp3) is 0.185. The molecule has 1 atom stereocenters. The summed E-state index contributed by atoms with van der Waals surface area (Å²) in [5.41, 5.74) is 0.819. The molecule has 1 unspecified atom stereocenters. The molecule has 1 aliphatic rings. The first kappa shape index (κ1) is 24.5. The third-order valence-electron chi connectivity index (χ3n) is 5.81. The van der Waals surface area contributed by atoms with Gasteiger partial charge in [0.2, 0.25) is 5.91 Å². The number of carbonyl (C=O) groups is 4. The number of anilines is 1. The Hall–Kier alpha value is -4.66. The molecule has 9 heteroatoms. The smallest absolute Gasteiger partial charge is 0.262 e. The summed E-state index contributed by atoms with van der Waals surface area (Å²) >= 11 is 0. The molecule has 0 spiro atoms. The summed E-state index contributed by atoms with van der Waals surface area (Å²) in [5, 5.41) is 14.0. The number of carbonyl (C=O) groups excluding carboxylic acids is 4. The molecule has 9 nitrogen and oxygen atoms in total. The first-order chi connectivity index (χ1) is 17.3. The van der Waals surface area contributed by atoms with E-state index in [0.29, 0.717) is 23.7 Å². The first-order valence-electron chi connectivity index (χ1n) is 11.2.